The molecule has 0 amide bonds. The predicted octanol–water partition coefficient (Wildman–Crippen LogP) is 3.10. The number of carbonyl (C=O) groups is 1. The van der Waals surface area contributed by atoms with E-state index < -0.39 is 5.97 Å². The van der Waals surface area contributed by atoms with Crippen LogP contribution in [0.2, 0.25) is 5.02 Å². The van der Waals surface area contributed by atoms with Crippen molar-refractivity contribution in [3.05, 3.63) is 46.7 Å². The second-order valence-corrected chi connectivity index (χ2v) is 4.81. The zero-order chi connectivity index (χ0) is 12.7. The maximum absolute atomic E-state index is 11.2. The van der Waals surface area contributed by atoms with E-state index in [0.717, 1.165) is 5.69 Å². The highest BCUT2D eigenvalue weighted by Crippen LogP contribution is 2.39. The van der Waals surface area contributed by atoms with Gasteiger partial charge in [-0.3, -0.25) is 0 Å². The maximum atomic E-state index is 11.2. The quantitative estimate of drug-likeness (QED) is 0.925. The highest BCUT2D eigenvalue weighted by Gasteiger charge is 2.26. The topological polar surface area (TPSA) is 55.1 Å². The van der Waals surface area contributed by atoms with E-state index in [1.54, 1.807) is 29.1 Å². The fourth-order valence-electron chi connectivity index (χ4n) is 1.98. The van der Waals surface area contributed by atoms with Gasteiger partial charge >= 0.3 is 5.97 Å². The van der Waals surface area contributed by atoms with Crippen LogP contribution < -0.4 is 0 Å². The first-order valence-corrected chi connectivity index (χ1v) is 6.12. The molecule has 92 valence electrons. The molecule has 1 fully saturated rings. The van der Waals surface area contributed by atoms with Gasteiger partial charge in [-0.05, 0) is 31.0 Å². The Morgan fingerprint density at radius 1 is 1.39 bits per heavy atom. The second kappa shape index (κ2) is 4.14. The molecule has 1 heterocycles. The summed E-state index contributed by atoms with van der Waals surface area (Å²) in [6.07, 6.45) is 4.11. The van der Waals surface area contributed by atoms with Crippen LogP contribution in [-0.2, 0) is 0 Å². The first kappa shape index (κ1) is 11.3. The number of carboxylic acids is 1. The van der Waals surface area contributed by atoms with Crippen molar-refractivity contribution in [2.75, 3.05) is 0 Å². The van der Waals surface area contributed by atoms with E-state index in [-0.39, 0.29) is 10.6 Å². The average Bonchev–Trinajstić information content (AvgIpc) is 3.06. The summed E-state index contributed by atoms with van der Waals surface area (Å²) < 4.78 is 1.59. The molecular formula is C13H11ClN2O2. The van der Waals surface area contributed by atoms with Gasteiger partial charge in [0.15, 0.2) is 0 Å². The molecule has 2 aromatic rings. The van der Waals surface area contributed by atoms with E-state index in [4.69, 9.17) is 11.6 Å². The van der Waals surface area contributed by atoms with E-state index >= 15 is 0 Å². The van der Waals surface area contributed by atoms with Crippen LogP contribution >= 0.6 is 11.6 Å². The fourth-order valence-corrected chi connectivity index (χ4v) is 2.23. The molecule has 0 atom stereocenters. The summed E-state index contributed by atoms with van der Waals surface area (Å²) in [5.41, 5.74) is 1.61. The number of hydrogen-bond acceptors (Lipinski definition) is 2. The normalized spacial score (nSPS) is 14.7. The van der Waals surface area contributed by atoms with Crippen LogP contribution in [0.25, 0.3) is 5.69 Å². The Bertz CT molecular complexity index is 617. The van der Waals surface area contributed by atoms with Gasteiger partial charge < -0.3 is 5.11 Å². The molecule has 1 aromatic carbocycles. The lowest BCUT2D eigenvalue weighted by molar-refractivity contribution is 0.0697. The smallest absolute Gasteiger partial charge is 0.339 e. The highest BCUT2D eigenvalue weighted by molar-refractivity contribution is 6.34. The SMILES string of the molecule is O=C(O)c1c(Cl)cccc1-n1ccc(C2CC2)n1. The molecule has 1 saturated carbocycles. The van der Waals surface area contributed by atoms with Crippen LogP contribution in [-0.4, -0.2) is 20.9 Å². The molecule has 1 aliphatic carbocycles. The predicted molar refractivity (Wildman–Crippen MR) is 67.5 cm³/mol. The molecule has 0 unspecified atom stereocenters. The third-order valence-corrected chi connectivity index (χ3v) is 3.37. The van der Waals surface area contributed by atoms with Crippen LogP contribution in [0.5, 0.6) is 0 Å². The summed E-state index contributed by atoms with van der Waals surface area (Å²) in [7, 11) is 0. The number of rotatable bonds is 3. The first-order valence-electron chi connectivity index (χ1n) is 5.74. The summed E-state index contributed by atoms with van der Waals surface area (Å²) in [5.74, 6) is -0.502. The monoisotopic (exact) mass is 262 g/mol. The number of aromatic carboxylic acids is 1. The number of aromatic nitrogens is 2. The van der Waals surface area contributed by atoms with E-state index in [0.29, 0.717) is 11.6 Å². The van der Waals surface area contributed by atoms with Crippen LogP contribution in [0.1, 0.15) is 34.8 Å². The van der Waals surface area contributed by atoms with Gasteiger partial charge in [-0.15, -0.1) is 0 Å². The molecule has 4 nitrogen and oxygen atoms in total. The number of benzene rings is 1. The lowest BCUT2D eigenvalue weighted by Crippen LogP contribution is -2.07. The first-order chi connectivity index (χ1) is 8.66. The lowest BCUT2D eigenvalue weighted by Gasteiger charge is -2.07. The van der Waals surface area contributed by atoms with Crippen LogP contribution in [0, 0.1) is 0 Å². The maximum Gasteiger partial charge on any atom is 0.339 e. The van der Waals surface area contributed by atoms with Crippen LogP contribution in [0.3, 0.4) is 0 Å². The van der Waals surface area contributed by atoms with Gasteiger partial charge in [0.25, 0.3) is 0 Å². The molecule has 3 rings (SSSR count). The largest absolute Gasteiger partial charge is 0.478 e. The minimum Gasteiger partial charge on any atom is -0.478 e. The van der Waals surface area contributed by atoms with Gasteiger partial charge in [-0.1, -0.05) is 17.7 Å². The van der Waals surface area contributed by atoms with Crippen molar-refractivity contribution < 1.29 is 9.90 Å². The van der Waals surface area contributed by atoms with Gasteiger partial charge in [-0.25, -0.2) is 9.48 Å². The van der Waals surface area contributed by atoms with Crippen LogP contribution in [0.15, 0.2) is 30.5 Å². The van der Waals surface area contributed by atoms with Crippen molar-refractivity contribution in [2.24, 2.45) is 0 Å². The average molecular weight is 263 g/mol. The van der Waals surface area contributed by atoms with Crippen molar-refractivity contribution in [3.63, 3.8) is 0 Å². The standard InChI is InChI=1S/C13H11ClN2O2/c14-9-2-1-3-11(12(9)13(17)18)16-7-6-10(15-16)8-4-5-8/h1-3,6-8H,4-5H2,(H,17,18). The summed E-state index contributed by atoms with van der Waals surface area (Å²) in [6, 6.07) is 6.94. The summed E-state index contributed by atoms with van der Waals surface area (Å²) in [4.78, 5) is 11.2. The van der Waals surface area contributed by atoms with Crippen molar-refractivity contribution in [1.82, 2.24) is 9.78 Å². The van der Waals surface area contributed by atoms with Crippen molar-refractivity contribution in [2.45, 2.75) is 18.8 Å². The highest BCUT2D eigenvalue weighted by atomic mass is 35.5. The zero-order valence-corrected chi connectivity index (χ0v) is 10.3. The summed E-state index contributed by atoms with van der Waals surface area (Å²) in [6.45, 7) is 0. The summed E-state index contributed by atoms with van der Waals surface area (Å²) in [5, 5.41) is 13.9. The van der Waals surface area contributed by atoms with E-state index in [2.05, 4.69) is 5.10 Å². The number of halogens is 1. The number of hydrogen-bond donors (Lipinski definition) is 1. The molecule has 0 bridgehead atoms. The summed E-state index contributed by atoms with van der Waals surface area (Å²) >= 11 is 5.93. The fraction of sp³-hybridized carbons (Fsp3) is 0.231. The van der Waals surface area contributed by atoms with Gasteiger partial charge in [0.05, 0.1) is 16.4 Å². The zero-order valence-electron chi connectivity index (χ0n) is 9.51. The van der Waals surface area contributed by atoms with Crippen LogP contribution in [0.4, 0.5) is 0 Å². The van der Waals surface area contributed by atoms with Gasteiger partial charge in [-0.2, -0.15) is 5.10 Å². The Hall–Kier alpha value is -1.81. The van der Waals surface area contributed by atoms with Crippen molar-refractivity contribution >= 4 is 17.6 Å². The Kier molecular flexibility index (Phi) is 2.59. The minimum atomic E-state index is -1.04. The molecule has 0 saturated heterocycles. The third kappa shape index (κ3) is 1.88. The molecule has 0 aliphatic heterocycles. The Balaban J connectivity index is 2.09. The van der Waals surface area contributed by atoms with E-state index in [9.17, 15) is 9.90 Å². The van der Waals surface area contributed by atoms with E-state index in [1.807, 2.05) is 6.07 Å². The second-order valence-electron chi connectivity index (χ2n) is 4.40. The Morgan fingerprint density at radius 2 is 2.17 bits per heavy atom. The third-order valence-electron chi connectivity index (χ3n) is 3.06. The lowest BCUT2D eigenvalue weighted by atomic mass is 10.2. The van der Waals surface area contributed by atoms with Gasteiger partial charge in [0.2, 0.25) is 0 Å². The number of carboxylic acid groups (broad SMARTS) is 1. The molecule has 1 aromatic heterocycles. The molecule has 0 spiro atoms. The van der Waals surface area contributed by atoms with E-state index in [1.165, 1.54) is 12.8 Å². The molecule has 5 heteroatoms. The minimum absolute atomic E-state index is 0.0876. The Morgan fingerprint density at radius 3 is 2.83 bits per heavy atom. The molecule has 1 aliphatic rings. The van der Waals surface area contributed by atoms with Gasteiger partial charge in [0.1, 0.15) is 5.56 Å². The molecule has 18 heavy (non-hydrogen) atoms. The van der Waals surface area contributed by atoms with Gasteiger partial charge in [0, 0.05) is 12.1 Å². The molecule has 1 N–H and O–H groups in total. The number of nitrogens with zero attached hydrogens (tertiary/aromatic N) is 2. The van der Waals surface area contributed by atoms with Crippen molar-refractivity contribution in [1.29, 1.82) is 0 Å². The molecular weight excluding hydrogens is 252 g/mol. The Labute approximate surface area is 109 Å². The van der Waals surface area contributed by atoms with Crippen molar-refractivity contribution in [3.8, 4) is 5.69 Å². The molecule has 0 radical (unpaired) electrons.